The summed E-state index contributed by atoms with van der Waals surface area (Å²) in [6, 6.07) is 0.148. The molecule has 0 aromatic carbocycles. The smallest absolute Gasteiger partial charge is 0.0981 e. The molecule has 0 fully saturated rings. The molecule has 0 amide bonds. The van der Waals surface area contributed by atoms with Crippen molar-refractivity contribution in [2.45, 2.75) is 19.5 Å². The third-order valence-electron chi connectivity index (χ3n) is 2.18. The van der Waals surface area contributed by atoms with Gasteiger partial charge >= 0.3 is 0 Å². The van der Waals surface area contributed by atoms with Crippen LogP contribution in [0.2, 0.25) is 0 Å². The quantitative estimate of drug-likeness (QED) is 0.811. The molecule has 0 saturated carbocycles. The maximum Gasteiger partial charge on any atom is 0.0981 e. The van der Waals surface area contributed by atoms with Crippen LogP contribution >= 0.6 is 11.5 Å². The normalized spacial score (nSPS) is 13.0. The number of aromatic nitrogens is 4. The van der Waals surface area contributed by atoms with Gasteiger partial charge in [-0.1, -0.05) is 4.49 Å². The molecular formula is C8H11N5S. The Morgan fingerprint density at radius 3 is 3.14 bits per heavy atom. The van der Waals surface area contributed by atoms with Crippen molar-refractivity contribution >= 4 is 11.5 Å². The fourth-order valence-electron chi connectivity index (χ4n) is 1.34. The molecule has 2 rings (SSSR count). The van der Waals surface area contributed by atoms with Crippen molar-refractivity contribution in [2.24, 2.45) is 5.73 Å². The summed E-state index contributed by atoms with van der Waals surface area (Å²) in [5, 5.41) is 5.96. The van der Waals surface area contributed by atoms with Gasteiger partial charge in [-0.3, -0.25) is 0 Å². The molecule has 0 radical (unpaired) electrons. The maximum atomic E-state index is 5.59. The molecule has 6 heteroatoms. The number of hydrogen-bond acceptors (Lipinski definition) is 5. The van der Waals surface area contributed by atoms with E-state index in [-0.39, 0.29) is 6.04 Å². The molecule has 0 aliphatic rings. The highest BCUT2D eigenvalue weighted by molar-refractivity contribution is 7.03. The van der Waals surface area contributed by atoms with Crippen LogP contribution < -0.4 is 5.73 Å². The number of imidazole rings is 1. The third kappa shape index (κ3) is 1.53. The van der Waals surface area contributed by atoms with Crippen LogP contribution in [0.4, 0.5) is 0 Å². The Balaban J connectivity index is 2.31. The fraction of sp³-hybridized carbons (Fsp3) is 0.375. The fourth-order valence-corrected chi connectivity index (χ4v) is 1.88. The predicted molar refractivity (Wildman–Crippen MR) is 53.8 cm³/mol. The van der Waals surface area contributed by atoms with Crippen molar-refractivity contribution in [1.82, 2.24) is 19.1 Å². The lowest BCUT2D eigenvalue weighted by atomic mass is 10.2. The second-order valence-electron chi connectivity index (χ2n) is 3.00. The largest absolute Gasteiger partial charge is 0.325 e. The topological polar surface area (TPSA) is 69.6 Å². The lowest BCUT2D eigenvalue weighted by Crippen LogP contribution is -2.12. The molecule has 0 saturated heterocycles. The molecule has 1 atom stereocenters. The van der Waals surface area contributed by atoms with Crippen LogP contribution in [0.1, 0.15) is 24.4 Å². The van der Waals surface area contributed by atoms with Crippen molar-refractivity contribution in [3.05, 3.63) is 29.3 Å². The molecule has 5 nitrogen and oxygen atoms in total. The summed E-state index contributed by atoms with van der Waals surface area (Å²) in [7, 11) is 0. The first-order chi connectivity index (χ1) is 6.83. The first kappa shape index (κ1) is 9.29. The Labute approximate surface area is 85.8 Å². The Morgan fingerprint density at radius 2 is 2.50 bits per heavy atom. The van der Waals surface area contributed by atoms with Crippen LogP contribution in [0.15, 0.2) is 17.9 Å². The lowest BCUT2D eigenvalue weighted by Gasteiger charge is -2.12. The van der Waals surface area contributed by atoms with Gasteiger partial charge in [0.15, 0.2) is 0 Å². The van der Waals surface area contributed by atoms with E-state index in [2.05, 4.69) is 21.5 Å². The summed E-state index contributed by atoms with van der Waals surface area (Å²) in [5.74, 6) is 0. The molecular weight excluding hydrogens is 198 g/mol. The minimum absolute atomic E-state index is 0.148. The summed E-state index contributed by atoms with van der Waals surface area (Å²) in [6.07, 6.45) is 3.54. The van der Waals surface area contributed by atoms with E-state index in [0.29, 0.717) is 6.54 Å². The summed E-state index contributed by atoms with van der Waals surface area (Å²) < 4.78 is 5.85. The minimum atomic E-state index is 0.148. The van der Waals surface area contributed by atoms with Gasteiger partial charge in [-0.05, 0) is 18.5 Å². The van der Waals surface area contributed by atoms with E-state index in [4.69, 9.17) is 5.73 Å². The molecule has 2 aromatic heterocycles. The van der Waals surface area contributed by atoms with Crippen molar-refractivity contribution in [3.8, 4) is 0 Å². The average molecular weight is 209 g/mol. The Morgan fingerprint density at radius 1 is 1.64 bits per heavy atom. The number of nitrogens with zero attached hydrogens (tertiary/aromatic N) is 4. The number of nitrogens with two attached hydrogens (primary N) is 1. The summed E-state index contributed by atoms with van der Waals surface area (Å²) in [6.45, 7) is 2.54. The van der Waals surface area contributed by atoms with Gasteiger partial charge in [0.2, 0.25) is 0 Å². The zero-order valence-corrected chi connectivity index (χ0v) is 8.61. The van der Waals surface area contributed by atoms with Gasteiger partial charge in [0.25, 0.3) is 0 Å². The standard InChI is InChI=1S/C8H11N5S/c1-6(8-4-14-12-11-8)13-5-10-3-7(13)2-9/h3-6H,2,9H2,1H3. The number of rotatable bonds is 3. The average Bonchev–Trinajstić information content (AvgIpc) is 2.87. The summed E-state index contributed by atoms with van der Waals surface area (Å²) in [5.41, 5.74) is 7.54. The van der Waals surface area contributed by atoms with Gasteiger partial charge < -0.3 is 10.3 Å². The predicted octanol–water partition coefficient (Wildman–Crippen LogP) is 0.803. The third-order valence-corrected chi connectivity index (χ3v) is 2.70. The van der Waals surface area contributed by atoms with Gasteiger partial charge in [0.1, 0.15) is 0 Å². The van der Waals surface area contributed by atoms with E-state index in [1.807, 2.05) is 9.95 Å². The Hall–Kier alpha value is -1.27. The van der Waals surface area contributed by atoms with Gasteiger partial charge in [-0.15, -0.1) is 5.10 Å². The second-order valence-corrected chi connectivity index (χ2v) is 3.61. The van der Waals surface area contributed by atoms with Gasteiger partial charge in [0, 0.05) is 18.1 Å². The number of hydrogen-bond donors (Lipinski definition) is 1. The molecule has 0 spiro atoms. The van der Waals surface area contributed by atoms with Crippen molar-refractivity contribution in [2.75, 3.05) is 0 Å². The van der Waals surface area contributed by atoms with Crippen molar-refractivity contribution in [3.63, 3.8) is 0 Å². The second kappa shape index (κ2) is 3.85. The van der Waals surface area contributed by atoms with E-state index in [0.717, 1.165) is 11.4 Å². The van der Waals surface area contributed by atoms with Crippen LogP contribution in [0.3, 0.4) is 0 Å². The van der Waals surface area contributed by atoms with Crippen LogP contribution in [0, 0.1) is 0 Å². The Bertz CT molecular complexity index is 394. The molecule has 2 aromatic rings. The van der Waals surface area contributed by atoms with Crippen LogP contribution in [0.25, 0.3) is 0 Å². The van der Waals surface area contributed by atoms with Crippen molar-refractivity contribution < 1.29 is 0 Å². The highest BCUT2D eigenvalue weighted by Crippen LogP contribution is 2.17. The SMILES string of the molecule is CC(c1csnn1)n1cncc1CN. The van der Waals surface area contributed by atoms with Crippen LogP contribution in [0.5, 0.6) is 0 Å². The first-order valence-corrected chi connectivity index (χ1v) is 5.14. The molecule has 1 unspecified atom stereocenters. The summed E-state index contributed by atoms with van der Waals surface area (Å²) >= 11 is 1.35. The first-order valence-electron chi connectivity index (χ1n) is 4.30. The highest BCUT2D eigenvalue weighted by Gasteiger charge is 2.12. The van der Waals surface area contributed by atoms with Gasteiger partial charge in [-0.25, -0.2) is 4.98 Å². The zero-order chi connectivity index (χ0) is 9.97. The van der Waals surface area contributed by atoms with E-state index in [1.165, 1.54) is 11.5 Å². The van der Waals surface area contributed by atoms with Gasteiger partial charge in [-0.2, -0.15) is 0 Å². The Kier molecular flexibility index (Phi) is 2.55. The summed E-state index contributed by atoms with van der Waals surface area (Å²) in [4.78, 5) is 4.06. The van der Waals surface area contributed by atoms with E-state index >= 15 is 0 Å². The molecule has 0 aliphatic carbocycles. The molecule has 74 valence electrons. The van der Waals surface area contributed by atoms with Gasteiger partial charge in [0.05, 0.1) is 23.8 Å². The molecule has 2 N–H and O–H groups in total. The van der Waals surface area contributed by atoms with Crippen LogP contribution in [-0.2, 0) is 6.54 Å². The van der Waals surface area contributed by atoms with Crippen molar-refractivity contribution in [1.29, 1.82) is 0 Å². The van der Waals surface area contributed by atoms with Crippen LogP contribution in [-0.4, -0.2) is 19.1 Å². The maximum absolute atomic E-state index is 5.59. The van der Waals surface area contributed by atoms with E-state index < -0.39 is 0 Å². The molecule has 0 bridgehead atoms. The van der Waals surface area contributed by atoms with E-state index in [1.54, 1.807) is 12.5 Å². The monoisotopic (exact) mass is 209 g/mol. The lowest BCUT2D eigenvalue weighted by molar-refractivity contribution is 0.592. The zero-order valence-electron chi connectivity index (χ0n) is 7.79. The molecule has 0 aliphatic heterocycles. The highest BCUT2D eigenvalue weighted by atomic mass is 32.1. The molecule has 2 heterocycles. The van der Waals surface area contributed by atoms with E-state index in [9.17, 15) is 0 Å². The minimum Gasteiger partial charge on any atom is -0.325 e. The molecule has 14 heavy (non-hydrogen) atoms.